The van der Waals surface area contributed by atoms with E-state index in [0.717, 1.165) is 38.4 Å². The van der Waals surface area contributed by atoms with E-state index >= 15 is 0 Å². The Kier molecular flexibility index (Phi) is 5.85. The molecule has 0 atom stereocenters. The van der Waals surface area contributed by atoms with Gasteiger partial charge in [-0.05, 0) is 18.2 Å². The number of morpholine rings is 1. The summed E-state index contributed by atoms with van der Waals surface area (Å²) >= 11 is 1.29. The number of carboxylic acid groups (broad SMARTS) is 1. The minimum atomic E-state index is -1.03. The number of nitrogens with zero attached hydrogens (tertiary/aromatic N) is 2. The Labute approximate surface area is 149 Å². The van der Waals surface area contributed by atoms with Crippen molar-refractivity contribution >= 4 is 17.3 Å². The molecule has 2 aromatic rings. The first-order valence-electron chi connectivity index (χ1n) is 7.97. The maximum Gasteiger partial charge on any atom is 0.355 e. The highest BCUT2D eigenvalue weighted by atomic mass is 32.1. The van der Waals surface area contributed by atoms with E-state index < -0.39 is 5.97 Å². The summed E-state index contributed by atoms with van der Waals surface area (Å²) in [4.78, 5) is 17.4. The number of ether oxygens (including phenoxy) is 3. The van der Waals surface area contributed by atoms with Crippen LogP contribution in [0.15, 0.2) is 23.6 Å². The summed E-state index contributed by atoms with van der Waals surface area (Å²) in [7, 11) is 1.58. The number of hydrogen-bond acceptors (Lipinski definition) is 7. The lowest BCUT2D eigenvalue weighted by Crippen LogP contribution is -2.38. The smallest absolute Gasteiger partial charge is 0.355 e. The average Bonchev–Trinajstić information content (AvgIpc) is 3.13. The Morgan fingerprint density at radius 2 is 2.16 bits per heavy atom. The molecule has 8 heteroatoms. The van der Waals surface area contributed by atoms with Gasteiger partial charge in [-0.3, -0.25) is 4.90 Å². The molecule has 2 heterocycles. The third-order valence-corrected chi connectivity index (χ3v) is 4.79. The molecule has 1 N–H and O–H groups in total. The maximum atomic E-state index is 11.0. The van der Waals surface area contributed by atoms with Crippen molar-refractivity contribution in [1.29, 1.82) is 0 Å². The topological polar surface area (TPSA) is 81.1 Å². The van der Waals surface area contributed by atoms with E-state index in [-0.39, 0.29) is 5.69 Å². The maximum absolute atomic E-state index is 11.0. The van der Waals surface area contributed by atoms with Crippen LogP contribution in [0, 0.1) is 0 Å². The van der Waals surface area contributed by atoms with Crippen molar-refractivity contribution in [3.8, 4) is 22.1 Å². The highest BCUT2D eigenvalue weighted by Gasteiger charge is 2.14. The van der Waals surface area contributed by atoms with Crippen LogP contribution in [-0.2, 0) is 4.74 Å². The van der Waals surface area contributed by atoms with E-state index in [1.807, 2.05) is 18.2 Å². The van der Waals surface area contributed by atoms with E-state index in [2.05, 4.69) is 9.88 Å². The molecule has 1 aliphatic heterocycles. The molecule has 1 aromatic carbocycles. The molecule has 1 aromatic heterocycles. The Bertz CT molecular complexity index is 728. The van der Waals surface area contributed by atoms with Crippen LogP contribution in [0.3, 0.4) is 0 Å². The second-order valence-corrected chi connectivity index (χ2v) is 6.37. The number of carbonyl (C=O) groups is 1. The highest BCUT2D eigenvalue weighted by Crippen LogP contribution is 2.33. The molecule has 0 aliphatic carbocycles. The van der Waals surface area contributed by atoms with Crippen molar-refractivity contribution in [3.05, 3.63) is 29.3 Å². The van der Waals surface area contributed by atoms with Gasteiger partial charge in [-0.2, -0.15) is 0 Å². The largest absolute Gasteiger partial charge is 0.493 e. The van der Waals surface area contributed by atoms with Crippen LogP contribution in [0.4, 0.5) is 0 Å². The summed E-state index contributed by atoms with van der Waals surface area (Å²) in [6.45, 7) is 4.79. The minimum Gasteiger partial charge on any atom is -0.493 e. The standard InChI is InChI=1S/C17H20N2O5S/c1-22-15-10-12(16-18-13(11-25-16)17(20)21)2-3-14(15)24-9-6-19-4-7-23-8-5-19/h2-3,10-11H,4-9H2,1H3,(H,20,21). The lowest BCUT2D eigenvalue weighted by Gasteiger charge is -2.26. The van der Waals surface area contributed by atoms with Gasteiger partial charge in [-0.25, -0.2) is 9.78 Å². The molecule has 0 unspecified atom stereocenters. The molecule has 1 fully saturated rings. The minimum absolute atomic E-state index is 0.0461. The highest BCUT2D eigenvalue weighted by molar-refractivity contribution is 7.13. The zero-order valence-electron chi connectivity index (χ0n) is 13.9. The van der Waals surface area contributed by atoms with Gasteiger partial charge in [0.1, 0.15) is 11.6 Å². The van der Waals surface area contributed by atoms with Crippen LogP contribution in [-0.4, -0.2) is 67.5 Å². The molecule has 0 saturated carbocycles. The molecule has 0 spiro atoms. The Morgan fingerprint density at radius 1 is 1.36 bits per heavy atom. The second-order valence-electron chi connectivity index (χ2n) is 5.51. The molecule has 1 saturated heterocycles. The molecule has 7 nitrogen and oxygen atoms in total. The zero-order valence-corrected chi connectivity index (χ0v) is 14.8. The number of rotatable bonds is 7. The first-order valence-corrected chi connectivity index (χ1v) is 8.85. The Balaban J connectivity index is 1.65. The third-order valence-electron chi connectivity index (χ3n) is 3.90. The fourth-order valence-electron chi connectivity index (χ4n) is 2.53. The lowest BCUT2D eigenvalue weighted by atomic mass is 10.2. The first-order chi connectivity index (χ1) is 12.2. The van der Waals surface area contributed by atoms with Crippen molar-refractivity contribution in [2.75, 3.05) is 46.6 Å². The molecule has 1 aliphatic rings. The van der Waals surface area contributed by atoms with Crippen molar-refractivity contribution in [2.45, 2.75) is 0 Å². The van der Waals surface area contributed by atoms with E-state index in [4.69, 9.17) is 19.3 Å². The van der Waals surface area contributed by atoms with Crippen LogP contribution in [0.2, 0.25) is 0 Å². The number of methoxy groups -OCH3 is 1. The van der Waals surface area contributed by atoms with Gasteiger partial charge in [0.2, 0.25) is 0 Å². The number of aromatic nitrogens is 1. The van der Waals surface area contributed by atoms with Gasteiger partial charge in [-0.1, -0.05) is 0 Å². The van der Waals surface area contributed by atoms with Crippen LogP contribution in [0.25, 0.3) is 10.6 Å². The molecular weight excluding hydrogens is 344 g/mol. The van der Waals surface area contributed by atoms with Gasteiger partial charge >= 0.3 is 5.97 Å². The normalized spacial score (nSPS) is 15.1. The first kappa shape index (κ1) is 17.7. The van der Waals surface area contributed by atoms with Crippen molar-refractivity contribution in [1.82, 2.24) is 9.88 Å². The summed E-state index contributed by atoms with van der Waals surface area (Å²) in [5, 5.41) is 11.1. The van der Waals surface area contributed by atoms with Crippen molar-refractivity contribution in [3.63, 3.8) is 0 Å². The van der Waals surface area contributed by atoms with E-state index in [1.165, 1.54) is 16.7 Å². The van der Waals surface area contributed by atoms with Crippen LogP contribution < -0.4 is 9.47 Å². The summed E-state index contributed by atoms with van der Waals surface area (Å²) in [6.07, 6.45) is 0. The monoisotopic (exact) mass is 364 g/mol. The molecule has 0 amide bonds. The molecule has 0 radical (unpaired) electrons. The molecule has 134 valence electrons. The summed E-state index contributed by atoms with van der Waals surface area (Å²) < 4.78 is 16.6. The van der Waals surface area contributed by atoms with E-state index in [0.29, 0.717) is 23.1 Å². The van der Waals surface area contributed by atoms with Crippen molar-refractivity contribution in [2.24, 2.45) is 0 Å². The predicted molar refractivity (Wildman–Crippen MR) is 93.8 cm³/mol. The van der Waals surface area contributed by atoms with E-state index in [1.54, 1.807) is 7.11 Å². The molecule has 3 rings (SSSR count). The van der Waals surface area contributed by atoms with Crippen LogP contribution in [0.1, 0.15) is 10.5 Å². The van der Waals surface area contributed by atoms with Gasteiger partial charge < -0.3 is 19.3 Å². The van der Waals surface area contributed by atoms with Gasteiger partial charge in [-0.15, -0.1) is 11.3 Å². The SMILES string of the molecule is COc1cc(-c2nc(C(=O)O)cs2)ccc1OCCN1CCOCC1. The van der Waals surface area contributed by atoms with E-state index in [9.17, 15) is 4.79 Å². The number of aromatic carboxylic acids is 1. The summed E-state index contributed by atoms with van der Waals surface area (Å²) in [5.74, 6) is 0.235. The fourth-order valence-corrected chi connectivity index (χ4v) is 3.32. The lowest BCUT2D eigenvalue weighted by molar-refractivity contribution is 0.0321. The van der Waals surface area contributed by atoms with Crippen LogP contribution >= 0.6 is 11.3 Å². The summed E-state index contributed by atoms with van der Waals surface area (Å²) in [5.41, 5.74) is 0.847. The number of benzene rings is 1. The quantitative estimate of drug-likeness (QED) is 0.807. The Morgan fingerprint density at radius 3 is 2.84 bits per heavy atom. The zero-order chi connectivity index (χ0) is 17.6. The third kappa shape index (κ3) is 4.47. The Hall–Kier alpha value is -2.16. The molecule has 0 bridgehead atoms. The van der Waals surface area contributed by atoms with Gasteiger partial charge in [0.25, 0.3) is 0 Å². The van der Waals surface area contributed by atoms with Gasteiger partial charge in [0.05, 0.1) is 20.3 Å². The van der Waals surface area contributed by atoms with Crippen molar-refractivity contribution < 1.29 is 24.1 Å². The summed E-state index contributed by atoms with van der Waals surface area (Å²) in [6, 6.07) is 5.50. The van der Waals surface area contributed by atoms with Gasteiger partial charge in [0.15, 0.2) is 17.2 Å². The molecule has 25 heavy (non-hydrogen) atoms. The number of thiazole rings is 1. The molecular formula is C17H20N2O5S. The van der Waals surface area contributed by atoms with Crippen LogP contribution in [0.5, 0.6) is 11.5 Å². The number of carboxylic acids is 1. The van der Waals surface area contributed by atoms with Gasteiger partial charge in [0, 0.05) is 30.6 Å². The average molecular weight is 364 g/mol. The fraction of sp³-hybridized carbons (Fsp3) is 0.412. The number of hydrogen-bond donors (Lipinski definition) is 1. The predicted octanol–water partition coefficient (Wildman–Crippen LogP) is 2.23. The second kappa shape index (κ2) is 8.28.